The van der Waals surface area contributed by atoms with Crippen LogP contribution in [0.25, 0.3) is 0 Å². The Labute approximate surface area is 115 Å². The molecule has 8 heteroatoms. The molecule has 0 spiro atoms. The van der Waals surface area contributed by atoms with Gasteiger partial charge in [0.2, 0.25) is 0 Å². The first-order valence-corrected chi connectivity index (χ1v) is 6.71. The fourth-order valence-electron chi connectivity index (χ4n) is 1.59. The summed E-state index contributed by atoms with van der Waals surface area (Å²) in [6, 6.07) is 0.0713. The lowest BCUT2D eigenvalue weighted by Crippen LogP contribution is -2.31. The molecular formula is C11H16N6OS. The Bertz CT molecular complexity index is 588. The molecule has 7 nitrogen and oxygen atoms in total. The highest BCUT2D eigenvalue weighted by Gasteiger charge is 2.18. The molecule has 0 saturated heterocycles. The number of amides is 1. The maximum absolute atomic E-state index is 11.9. The first kappa shape index (κ1) is 13.6. The van der Waals surface area contributed by atoms with Crippen molar-refractivity contribution in [3.63, 3.8) is 0 Å². The summed E-state index contributed by atoms with van der Waals surface area (Å²) < 4.78 is 9.98. The molecule has 0 bridgehead atoms. The lowest BCUT2D eigenvalue weighted by atomic mass is 10.3. The third-order valence-electron chi connectivity index (χ3n) is 2.66. The van der Waals surface area contributed by atoms with Gasteiger partial charge in [-0.15, -0.1) is 5.10 Å². The van der Waals surface area contributed by atoms with Gasteiger partial charge in [-0.3, -0.25) is 4.79 Å². The molecule has 0 fully saturated rings. The minimum atomic E-state index is -0.202. The summed E-state index contributed by atoms with van der Waals surface area (Å²) in [4.78, 5) is 11.9. The van der Waals surface area contributed by atoms with Crippen molar-refractivity contribution in [2.24, 2.45) is 0 Å². The van der Waals surface area contributed by atoms with E-state index in [-0.39, 0.29) is 11.9 Å². The Hall–Kier alpha value is -1.83. The summed E-state index contributed by atoms with van der Waals surface area (Å²) in [5.41, 5.74) is 2.82. The van der Waals surface area contributed by atoms with Gasteiger partial charge in [0.15, 0.2) is 5.69 Å². The summed E-state index contributed by atoms with van der Waals surface area (Å²) in [5, 5.41) is 10.7. The van der Waals surface area contributed by atoms with E-state index >= 15 is 0 Å². The predicted octanol–water partition coefficient (Wildman–Crippen LogP) is 0.933. The van der Waals surface area contributed by atoms with Gasteiger partial charge in [-0.05, 0) is 27.7 Å². The van der Waals surface area contributed by atoms with Crippen LogP contribution in [0.2, 0.25) is 0 Å². The van der Waals surface area contributed by atoms with Crippen LogP contribution in [0.15, 0.2) is 0 Å². The Morgan fingerprint density at radius 1 is 1.37 bits per heavy atom. The lowest BCUT2D eigenvalue weighted by Gasteiger charge is -2.06. The van der Waals surface area contributed by atoms with Crippen LogP contribution >= 0.6 is 11.7 Å². The normalized spacial score (nSPS) is 11.0. The molecule has 102 valence electrons. The summed E-state index contributed by atoms with van der Waals surface area (Å²) >= 11 is 1.17. The number of carbonyl (C=O) groups is 1. The number of hydrogen-bond donors (Lipinski definition) is 1. The number of nitrogens with zero attached hydrogens (tertiary/aromatic N) is 5. The average molecular weight is 280 g/mol. The Kier molecular flexibility index (Phi) is 3.89. The number of aromatic nitrogens is 5. The zero-order valence-electron chi connectivity index (χ0n) is 11.3. The van der Waals surface area contributed by atoms with Gasteiger partial charge in [-0.2, -0.15) is 8.75 Å². The van der Waals surface area contributed by atoms with Crippen molar-refractivity contribution in [3.05, 3.63) is 22.8 Å². The Balaban J connectivity index is 2.19. The second-order valence-electron chi connectivity index (χ2n) is 4.61. The zero-order valence-corrected chi connectivity index (χ0v) is 12.2. The molecule has 1 N–H and O–H groups in total. The average Bonchev–Trinajstić information content (AvgIpc) is 2.87. The van der Waals surface area contributed by atoms with Gasteiger partial charge in [0.05, 0.1) is 35.4 Å². The van der Waals surface area contributed by atoms with E-state index in [0.717, 1.165) is 17.1 Å². The van der Waals surface area contributed by atoms with Crippen molar-refractivity contribution in [1.82, 2.24) is 29.1 Å². The summed E-state index contributed by atoms with van der Waals surface area (Å²) in [5.74, 6) is -0.202. The van der Waals surface area contributed by atoms with Crippen molar-refractivity contribution in [2.45, 2.75) is 40.3 Å². The van der Waals surface area contributed by atoms with Crippen LogP contribution in [0.1, 0.15) is 41.4 Å². The second kappa shape index (κ2) is 5.43. The molecule has 2 heterocycles. The SMILES string of the molecule is Cc1nsnc1Cn1nnc(C(=O)NC(C)C)c1C. The van der Waals surface area contributed by atoms with E-state index in [2.05, 4.69) is 24.4 Å². The van der Waals surface area contributed by atoms with E-state index in [4.69, 9.17) is 0 Å². The Morgan fingerprint density at radius 2 is 2.11 bits per heavy atom. The van der Waals surface area contributed by atoms with Gasteiger partial charge in [0, 0.05) is 6.04 Å². The maximum Gasteiger partial charge on any atom is 0.273 e. The van der Waals surface area contributed by atoms with Crippen LogP contribution in [-0.4, -0.2) is 35.7 Å². The highest BCUT2D eigenvalue weighted by Crippen LogP contribution is 2.10. The minimum Gasteiger partial charge on any atom is -0.348 e. The standard InChI is InChI=1S/C11H16N6OS/c1-6(2)12-11(18)10-8(4)17(16-13-10)5-9-7(3)14-19-15-9/h6H,5H2,1-4H3,(H,12,18). The van der Waals surface area contributed by atoms with Gasteiger partial charge in [0.1, 0.15) is 0 Å². The van der Waals surface area contributed by atoms with Crippen molar-refractivity contribution in [3.8, 4) is 0 Å². The monoisotopic (exact) mass is 280 g/mol. The van der Waals surface area contributed by atoms with Crippen molar-refractivity contribution < 1.29 is 4.79 Å². The predicted molar refractivity (Wildman–Crippen MR) is 71.1 cm³/mol. The van der Waals surface area contributed by atoms with Crippen LogP contribution in [0.5, 0.6) is 0 Å². The lowest BCUT2D eigenvalue weighted by molar-refractivity contribution is 0.0937. The number of carbonyl (C=O) groups excluding carboxylic acids is 1. The quantitative estimate of drug-likeness (QED) is 0.900. The van der Waals surface area contributed by atoms with Crippen LogP contribution in [-0.2, 0) is 6.54 Å². The number of aryl methyl sites for hydroxylation is 1. The summed E-state index contributed by atoms with van der Waals surface area (Å²) in [7, 11) is 0. The van der Waals surface area contributed by atoms with Crippen LogP contribution in [0.3, 0.4) is 0 Å². The third-order valence-corrected chi connectivity index (χ3v) is 3.32. The molecule has 0 aliphatic heterocycles. The molecule has 0 saturated carbocycles. The fourth-order valence-corrected chi connectivity index (χ4v) is 2.14. The van der Waals surface area contributed by atoms with Gasteiger partial charge >= 0.3 is 0 Å². The largest absolute Gasteiger partial charge is 0.348 e. The van der Waals surface area contributed by atoms with E-state index in [1.807, 2.05) is 27.7 Å². The van der Waals surface area contributed by atoms with Gasteiger partial charge in [0.25, 0.3) is 5.91 Å². The third kappa shape index (κ3) is 2.95. The highest BCUT2D eigenvalue weighted by atomic mass is 32.1. The summed E-state index contributed by atoms with van der Waals surface area (Å²) in [6.45, 7) is 8.02. The van der Waals surface area contributed by atoms with E-state index in [1.165, 1.54) is 11.7 Å². The molecule has 0 unspecified atom stereocenters. The molecule has 1 amide bonds. The number of nitrogens with one attached hydrogen (secondary N) is 1. The van der Waals surface area contributed by atoms with Crippen LogP contribution in [0.4, 0.5) is 0 Å². The molecule has 19 heavy (non-hydrogen) atoms. The summed E-state index contributed by atoms with van der Waals surface area (Å²) in [6.07, 6.45) is 0. The molecule has 2 rings (SSSR count). The van der Waals surface area contributed by atoms with Crippen molar-refractivity contribution in [1.29, 1.82) is 0 Å². The topological polar surface area (TPSA) is 85.6 Å². The maximum atomic E-state index is 11.9. The van der Waals surface area contributed by atoms with Crippen molar-refractivity contribution >= 4 is 17.6 Å². The molecule has 0 aliphatic rings. The molecule has 0 radical (unpaired) electrons. The molecule has 2 aromatic rings. The van der Waals surface area contributed by atoms with E-state index in [1.54, 1.807) is 4.68 Å². The molecule has 0 atom stereocenters. The van der Waals surface area contributed by atoms with Gasteiger partial charge in [-0.1, -0.05) is 5.21 Å². The zero-order chi connectivity index (χ0) is 14.0. The van der Waals surface area contributed by atoms with E-state index in [0.29, 0.717) is 12.2 Å². The number of rotatable bonds is 4. The first-order chi connectivity index (χ1) is 8.99. The molecule has 2 aromatic heterocycles. The Morgan fingerprint density at radius 3 is 2.68 bits per heavy atom. The van der Waals surface area contributed by atoms with Gasteiger partial charge in [-0.25, -0.2) is 4.68 Å². The molecule has 0 aromatic carbocycles. The van der Waals surface area contributed by atoms with E-state index in [9.17, 15) is 4.79 Å². The first-order valence-electron chi connectivity index (χ1n) is 5.98. The second-order valence-corrected chi connectivity index (χ2v) is 5.13. The van der Waals surface area contributed by atoms with Crippen molar-refractivity contribution in [2.75, 3.05) is 0 Å². The highest BCUT2D eigenvalue weighted by molar-refractivity contribution is 6.99. The minimum absolute atomic E-state index is 0.0713. The van der Waals surface area contributed by atoms with Crippen LogP contribution in [0, 0.1) is 13.8 Å². The van der Waals surface area contributed by atoms with Crippen LogP contribution < -0.4 is 5.32 Å². The molecule has 0 aliphatic carbocycles. The van der Waals surface area contributed by atoms with Gasteiger partial charge < -0.3 is 5.32 Å². The smallest absolute Gasteiger partial charge is 0.273 e. The molecular weight excluding hydrogens is 264 g/mol. The van der Waals surface area contributed by atoms with E-state index < -0.39 is 0 Å². The number of hydrogen-bond acceptors (Lipinski definition) is 6. The fraction of sp³-hybridized carbons (Fsp3) is 0.545.